The normalized spacial score (nSPS) is 15.0. The topological polar surface area (TPSA) is 81.6 Å². The van der Waals surface area contributed by atoms with E-state index in [0.717, 1.165) is 11.3 Å². The average Bonchev–Trinajstić information content (AvgIpc) is 2.60. The molecule has 0 N–H and O–H groups in total. The van der Waals surface area contributed by atoms with E-state index in [9.17, 15) is 8.42 Å². The molecule has 8 heteroatoms. The monoisotopic (exact) mass is 349 g/mol. The van der Waals surface area contributed by atoms with E-state index in [-0.39, 0.29) is 11.4 Å². The van der Waals surface area contributed by atoms with Crippen molar-refractivity contribution in [2.75, 3.05) is 20.8 Å². The molecule has 1 aliphatic rings. The molecule has 0 bridgehead atoms. The Morgan fingerprint density at radius 3 is 2.71 bits per heavy atom. The fraction of sp³-hybridized carbons (Fsp3) is 0.375. The Labute approximate surface area is 141 Å². The highest BCUT2D eigenvalue weighted by Crippen LogP contribution is 2.32. The molecule has 1 aromatic carbocycles. The smallest absolute Gasteiger partial charge is 0.247 e. The van der Waals surface area contributed by atoms with Gasteiger partial charge in [0.25, 0.3) is 0 Å². The van der Waals surface area contributed by atoms with E-state index in [0.29, 0.717) is 30.3 Å². The Hall–Kier alpha value is -2.19. The molecule has 128 valence electrons. The quantitative estimate of drug-likeness (QED) is 0.833. The number of hydrogen-bond donors (Lipinski definition) is 0. The zero-order valence-corrected chi connectivity index (χ0v) is 14.6. The lowest BCUT2D eigenvalue weighted by atomic mass is 10.1. The van der Waals surface area contributed by atoms with Crippen LogP contribution in [0, 0.1) is 6.92 Å². The van der Waals surface area contributed by atoms with Crippen LogP contribution in [0.25, 0.3) is 0 Å². The minimum Gasteiger partial charge on any atom is -0.497 e. The van der Waals surface area contributed by atoms with Crippen molar-refractivity contribution >= 4 is 10.0 Å². The lowest BCUT2D eigenvalue weighted by Gasteiger charge is -2.28. The lowest BCUT2D eigenvalue weighted by molar-refractivity contribution is 0.371. The Morgan fingerprint density at radius 2 is 2.00 bits per heavy atom. The Bertz CT molecular complexity index is 868. The van der Waals surface area contributed by atoms with E-state index in [4.69, 9.17) is 9.47 Å². The lowest BCUT2D eigenvalue weighted by Crippen LogP contribution is -2.36. The van der Waals surface area contributed by atoms with Crippen LogP contribution in [0.15, 0.2) is 29.3 Å². The van der Waals surface area contributed by atoms with E-state index in [1.807, 2.05) is 6.92 Å². The van der Waals surface area contributed by atoms with Gasteiger partial charge in [-0.05, 0) is 19.1 Å². The summed E-state index contributed by atoms with van der Waals surface area (Å²) in [7, 11) is -0.775. The van der Waals surface area contributed by atoms with Crippen LogP contribution in [-0.4, -0.2) is 43.5 Å². The van der Waals surface area contributed by atoms with Crippen LogP contribution < -0.4 is 9.47 Å². The molecule has 0 unspecified atom stereocenters. The largest absolute Gasteiger partial charge is 0.497 e. The highest BCUT2D eigenvalue weighted by Gasteiger charge is 2.31. The number of hydrogen-bond acceptors (Lipinski definition) is 6. The molecule has 0 fully saturated rings. The molecule has 1 aromatic heterocycles. The third kappa shape index (κ3) is 2.94. The molecule has 2 heterocycles. The number of aromatic nitrogens is 2. The van der Waals surface area contributed by atoms with Crippen LogP contribution in [0.2, 0.25) is 0 Å². The summed E-state index contributed by atoms with van der Waals surface area (Å²) in [5, 5.41) is 0. The van der Waals surface area contributed by atoms with E-state index in [1.165, 1.54) is 24.6 Å². The van der Waals surface area contributed by atoms with Gasteiger partial charge in [-0.2, -0.15) is 4.31 Å². The van der Waals surface area contributed by atoms with Crippen molar-refractivity contribution < 1.29 is 17.9 Å². The number of methoxy groups -OCH3 is 2. The van der Waals surface area contributed by atoms with Crippen molar-refractivity contribution in [2.45, 2.75) is 24.8 Å². The van der Waals surface area contributed by atoms with E-state index < -0.39 is 10.0 Å². The second kappa shape index (κ2) is 6.37. The molecule has 3 rings (SSSR count). The Morgan fingerprint density at radius 1 is 1.21 bits per heavy atom. The first-order valence-corrected chi connectivity index (χ1v) is 8.93. The third-order valence-corrected chi connectivity index (χ3v) is 5.87. The number of nitrogens with zero attached hydrogens (tertiary/aromatic N) is 3. The summed E-state index contributed by atoms with van der Waals surface area (Å²) in [5.74, 6) is 1.45. The maximum Gasteiger partial charge on any atom is 0.247 e. The summed E-state index contributed by atoms with van der Waals surface area (Å²) in [6.07, 6.45) is 2.26. The predicted octanol–water partition coefficient (Wildman–Crippen LogP) is 1.55. The van der Waals surface area contributed by atoms with Gasteiger partial charge >= 0.3 is 0 Å². The fourth-order valence-corrected chi connectivity index (χ4v) is 4.31. The van der Waals surface area contributed by atoms with Crippen molar-refractivity contribution in [2.24, 2.45) is 0 Å². The summed E-state index contributed by atoms with van der Waals surface area (Å²) in [6, 6.07) is 4.74. The average molecular weight is 349 g/mol. The van der Waals surface area contributed by atoms with Gasteiger partial charge in [0.2, 0.25) is 10.0 Å². The molecule has 2 aromatic rings. The van der Waals surface area contributed by atoms with Crippen molar-refractivity contribution in [3.05, 3.63) is 41.5 Å². The summed E-state index contributed by atoms with van der Waals surface area (Å²) >= 11 is 0. The van der Waals surface area contributed by atoms with Gasteiger partial charge in [-0.25, -0.2) is 18.4 Å². The molecule has 0 radical (unpaired) electrons. The van der Waals surface area contributed by atoms with Crippen LogP contribution in [0.1, 0.15) is 17.1 Å². The van der Waals surface area contributed by atoms with Gasteiger partial charge in [0, 0.05) is 43.0 Å². The van der Waals surface area contributed by atoms with Gasteiger partial charge in [0.05, 0.1) is 14.2 Å². The van der Waals surface area contributed by atoms with E-state index in [2.05, 4.69) is 9.97 Å². The van der Waals surface area contributed by atoms with Crippen LogP contribution >= 0.6 is 0 Å². The number of ether oxygens (including phenoxy) is 2. The molecule has 1 aliphatic heterocycles. The summed E-state index contributed by atoms with van der Waals surface area (Å²) < 4.78 is 37.9. The molecule has 0 saturated carbocycles. The Kier molecular flexibility index (Phi) is 4.42. The van der Waals surface area contributed by atoms with Crippen LogP contribution in [-0.2, 0) is 23.0 Å². The number of benzene rings is 1. The predicted molar refractivity (Wildman–Crippen MR) is 87.6 cm³/mol. The standard InChI is InChI=1S/C16H19N3O4S/c1-11-17-9-12-10-19(7-6-14(12)18-11)24(20,21)16-8-13(22-2)4-5-15(16)23-3/h4-5,8-9H,6-7,10H2,1-3H3. The van der Waals surface area contributed by atoms with Crippen LogP contribution in [0.4, 0.5) is 0 Å². The zero-order chi connectivity index (χ0) is 17.3. The minimum absolute atomic E-state index is 0.0980. The molecule has 7 nitrogen and oxygen atoms in total. The first-order chi connectivity index (χ1) is 11.5. The molecule has 0 atom stereocenters. The highest BCUT2D eigenvalue weighted by molar-refractivity contribution is 7.89. The van der Waals surface area contributed by atoms with Gasteiger partial charge in [-0.15, -0.1) is 0 Å². The summed E-state index contributed by atoms with van der Waals surface area (Å²) in [4.78, 5) is 8.65. The molecule has 0 saturated heterocycles. The zero-order valence-electron chi connectivity index (χ0n) is 13.8. The van der Waals surface area contributed by atoms with Crippen LogP contribution in [0.5, 0.6) is 11.5 Å². The SMILES string of the molecule is COc1ccc(OC)c(S(=O)(=O)N2CCc3nc(C)ncc3C2)c1. The van der Waals surface area contributed by atoms with E-state index >= 15 is 0 Å². The van der Waals surface area contributed by atoms with Gasteiger partial charge in [-0.3, -0.25) is 0 Å². The minimum atomic E-state index is -3.72. The maximum absolute atomic E-state index is 13.1. The molecule has 0 amide bonds. The second-order valence-corrected chi connectivity index (χ2v) is 7.40. The number of sulfonamides is 1. The van der Waals surface area contributed by atoms with Gasteiger partial charge < -0.3 is 9.47 Å². The van der Waals surface area contributed by atoms with Gasteiger partial charge in [0.1, 0.15) is 22.2 Å². The third-order valence-electron chi connectivity index (χ3n) is 4.01. The molecule has 24 heavy (non-hydrogen) atoms. The highest BCUT2D eigenvalue weighted by atomic mass is 32.2. The van der Waals surface area contributed by atoms with Crippen molar-refractivity contribution in [3.63, 3.8) is 0 Å². The number of aryl methyl sites for hydroxylation is 1. The molecular formula is C16H19N3O4S. The van der Waals surface area contributed by atoms with Crippen molar-refractivity contribution in [1.29, 1.82) is 0 Å². The first kappa shape index (κ1) is 16.7. The van der Waals surface area contributed by atoms with Gasteiger partial charge in [-0.1, -0.05) is 0 Å². The summed E-state index contributed by atoms with van der Waals surface area (Å²) in [5.41, 5.74) is 1.74. The molecular weight excluding hydrogens is 330 g/mol. The number of fused-ring (bicyclic) bond motifs is 1. The molecule has 0 aliphatic carbocycles. The first-order valence-electron chi connectivity index (χ1n) is 7.49. The summed E-state index contributed by atoms with van der Waals surface area (Å²) in [6.45, 7) is 2.44. The fourth-order valence-electron chi connectivity index (χ4n) is 2.72. The molecule has 0 spiro atoms. The second-order valence-electron chi connectivity index (χ2n) is 5.49. The van der Waals surface area contributed by atoms with Crippen LogP contribution in [0.3, 0.4) is 0 Å². The van der Waals surface area contributed by atoms with Gasteiger partial charge in [0.15, 0.2) is 0 Å². The van der Waals surface area contributed by atoms with E-state index in [1.54, 1.807) is 18.3 Å². The Balaban J connectivity index is 1.99. The number of rotatable bonds is 4. The van der Waals surface area contributed by atoms with Crippen molar-refractivity contribution in [1.82, 2.24) is 14.3 Å². The maximum atomic E-state index is 13.1. The van der Waals surface area contributed by atoms with Crippen molar-refractivity contribution in [3.8, 4) is 11.5 Å².